The highest BCUT2D eigenvalue weighted by Gasteiger charge is 2.55. The van der Waals surface area contributed by atoms with Gasteiger partial charge in [-0.15, -0.1) is 0 Å². The summed E-state index contributed by atoms with van der Waals surface area (Å²) < 4.78 is 27.4. The van der Waals surface area contributed by atoms with Gasteiger partial charge in [0.05, 0.1) is 12.0 Å². The molecule has 0 aliphatic carbocycles. The Labute approximate surface area is 83.2 Å². The van der Waals surface area contributed by atoms with Crippen molar-refractivity contribution in [2.75, 3.05) is 26.7 Å². The molecule has 1 aliphatic heterocycles. The van der Waals surface area contributed by atoms with Gasteiger partial charge in [0.1, 0.15) is 0 Å². The van der Waals surface area contributed by atoms with Crippen molar-refractivity contribution in [3.05, 3.63) is 0 Å². The van der Waals surface area contributed by atoms with Crippen molar-refractivity contribution in [2.45, 2.75) is 25.7 Å². The number of nitrogens with two attached hydrogens (primary N) is 1. The maximum atomic E-state index is 13.7. The zero-order valence-corrected chi connectivity index (χ0v) is 8.72. The molecule has 14 heavy (non-hydrogen) atoms. The fourth-order valence-corrected chi connectivity index (χ4v) is 2.09. The fraction of sp³-hybridized carbons (Fsp3) is 1.00. The van der Waals surface area contributed by atoms with Crippen molar-refractivity contribution < 1.29 is 13.6 Å². The van der Waals surface area contributed by atoms with E-state index < -0.39 is 11.3 Å². The molecular formula is C9H18F2N2O. The van der Waals surface area contributed by atoms with Crippen molar-refractivity contribution >= 4 is 0 Å². The Morgan fingerprint density at radius 2 is 2.14 bits per heavy atom. The molecule has 0 spiro atoms. The number of halogens is 2. The molecule has 2 N–H and O–H groups in total. The van der Waals surface area contributed by atoms with E-state index in [4.69, 9.17) is 5.90 Å². The highest BCUT2D eigenvalue weighted by molar-refractivity contribution is 4.97. The fourth-order valence-electron chi connectivity index (χ4n) is 2.09. The predicted octanol–water partition coefficient (Wildman–Crippen LogP) is 1.24. The molecule has 5 heteroatoms. The minimum Gasteiger partial charge on any atom is -0.305 e. The Morgan fingerprint density at radius 1 is 1.50 bits per heavy atom. The molecule has 0 aromatic carbocycles. The van der Waals surface area contributed by atoms with E-state index in [1.54, 1.807) is 6.92 Å². The van der Waals surface area contributed by atoms with Gasteiger partial charge in [-0.2, -0.15) is 0 Å². The zero-order valence-electron chi connectivity index (χ0n) is 8.72. The lowest BCUT2D eigenvalue weighted by Crippen LogP contribution is -2.57. The summed E-state index contributed by atoms with van der Waals surface area (Å²) in [5.41, 5.74) is -1.12. The summed E-state index contributed by atoms with van der Waals surface area (Å²) in [6.07, 6.45) is 0.266. The normalized spacial score (nSPS) is 33.2. The summed E-state index contributed by atoms with van der Waals surface area (Å²) in [5.74, 6) is 2.26. The van der Waals surface area contributed by atoms with Crippen LogP contribution >= 0.6 is 0 Å². The van der Waals surface area contributed by atoms with Crippen molar-refractivity contribution in [1.82, 2.24) is 4.90 Å². The Bertz CT molecular complexity index is 201. The standard InChI is InChI=1S/C9H18F2N2O/c1-3-8(7-14-12)6-13(2)5-4-9(8,10)11/h3-7,12H2,1-2H3. The number of piperidine rings is 1. The second-order valence-electron chi connectivity index (χ2n) is 4.14. The van der Waals surface area contributed by atoms with E-state index in [1.807, 2.05) is 11.9 Å². The summed E-state index contributed by atoms with van der Waals surface area (Å²) in [5, 5.41) is 0. The largest absolute Gasteiger partial charge is 0.305 e. The number of hydrogen-bond acceptors (Lipinski definition) is 3. The Kier molecular flexibility index (Phi) is 3.44. The van der Waals surface area contributed by atoms with E-state index in [1.165, 1.54) is 0 Å². The first-order chi connectivity index (χ1) is 6.47. The molecule has 1 fully saturated rings. The lowest BCUT2D eigenvalue weighted by molar-refractivity contribution is -0.190. The van der Waals surface area contributed by atoms with Crippen LogP contribution < -0.4 is 5.90 Å². The van der Waals surface area contributed by atoms with Gasteiger partial charge in [0.15, 0.2) is 0 Å². The van der Waals surface area contributed by atoms with Gasteiger partial charge in [-0.1, -0.05) is 6.92 Å². The first-order valence-corrected chi connectivity index (χ1v) is 4.85. The summed E-state index contributed by atoms with van der Waals surface area (Å²) >= 11 is 0. The maximum Gasteiger partial charge on any atom is 0.258 e. The third-order valence-electron chi connectivity index (χ3n) is 3.19. The molecule has 0 radical (unpaired) electrons. The first-order valence-electron chi connectivity index (χ1n) is 4.85. The summed E-state index contributed by atoms with van der Waals surface area (Å²) in [4.78, 5) is 6.36. The Balaban J connectivity index is 2.86. The third-order valence-corrected chi connectivity index (χ3v) is 3.19. The first kappa shape index (κ1) is 11.8. The van der Waals surface area contributed by atoms with Gasteiger partial charge in [0, 0.05) is 19.5 Å². The van der Waals surface area contributed by atoms with Crippen LogP contribution in [0.25, 0.3) is 0 Å². The molecule has 1 unspecified atom stereocenters. The predicted molar refractivity (Wildman–Crippen MR) is 49.9 cm³/mol. The Morgan fingerprint density at radius 3 is 2.64 bits per heavy atom. The van der Waals surface area contributed by atoms with Crippen LogP contribution in [0, 0.1) is 5.41 Å². The van der Waals surface area contributed by atoms with Crippen LogP contribution in [0.3, 0.4) is 0 Å². The quantitative estimate of drug-likeness (QED) is 0.709. The zero-order chi connectivity index (χ0) is 10.8. The van der Waals surface area contributed by atoms with Gasteiger partial charge in [-0.25, -0.2) is 14.7 Å². The molecule has 0 aromatic heterocycles. The van der Waals surface area contributed by atoms with Crippen LogP contribution in [-0.2, 0) is 4.84 Å². The number of nitrogens with zero attached hydrogens (tertiary/aromatic N) is 1. The molecule has 0 amide bonds. The van der Waals surface area contributed by atoms with Crippen molar-refractivity contribution in [2.24, 2.45) is 11.3 Å². The summed E-state index contributed by atoms with van der Waals surface area (Å²) in [7, 11) is 1.84. The van der Waals surface area contributed by atoms with Gasteiger partial charge in [0.2, 0.25) is 0 Å². The van der Waals surface area contributed by atoms with E-state index in [0.717, 1.165) is 0 Å². The molecule has 1 rings (SSSR count). The molecule has 1 saturated heterocycles. The lowest BCUT2D eigenvalue weighted by Gasteiger charge is -2.46. The van der Waals surface area contributed by atoms with Crippen LogP contribution in [0.2, 0.25) is 0 Å². The van der Waals surface area contributed by atoms with Crippen LogP contribution in [0.15, 0.2) is 0 Å². The minimum absolute atomic E-state index is 0.0825. The number of likely N-dealkylation sites (tertiary alicyclic amines) is 1. The second kappa shape index (κ2) is 4.08. The van der Waals surface area contributed by atoms with Gasteiger partial charge in [0.25, 0.3) is 5.92 Å². The number of hydrogen-bond donors (Lipinski definition) is 1. The Hall–Kier alpha value is -0.260. The van der Waals surface area contributed by atoms with Crippen molar-refractivity contribution in [3.63, 3.8) is 0 Å². The molecule has 0 bridgehead atoms. The summed E-state index contributed by atoms with van der Waals surface area (Å²) in [6, 6.07) is 0. The number of alkyl halides is 2. The average Bonchev–Trinajstić information content (AvgIpc) is 2.12. The molecule has 3 nitrogen and oxygen atoms in total. The van der Waals surface area contributed by atoms with Crippen LogP contribution in [0.4, 0.5) is 8.78 Å². The van der Waals surface area contributed by atoms with Gasteiger partial charge >= 0.3 is 0 Å². The van der Waals surface area contributed by atoms with Gasteiger partial charge in [-0.3, -0.25) is 0 Å². The SMILES string of the molecule is CCC1(CON)CN(C)CCC1(F)F. The topological polar surface area (TPSA) is 38.5 Å². The molecule has 0 aromatic rings. The smallest absolute Gasteiger partial charge is 0.258 e. The van der Waals surface area contributed by atoms with Crippen molar-refractivity contribution in [1.29, 1.82) is 0 Å². The van der Waals surface area contributed by atoms with E-state index in [-0.39, 0.29) is 13.0 Å². The van der Waals surface area contributed by atoms with Gasteiger partial charge < -0.3 is 9.74 Å². The van der Waals surface area contributed by atoms with Crippen LogP contribution in [-0.4, -0.2) is 37.6 Å². The number of rotatable bonds is 3. The highest BCUT2D eigenvalue weighted by Crippen LogP contribution is 2.45. The minimum atomic E-state index is -2.67. The molecule has 1 heterocycles. The average molecular weight is 208 g/mol. The van der Waals surface area contributed by atoms with E-state index in [2.05, 4.69) is 4.84 Å². The monoisotopic (exact) mass is 208 g/mol. The molecular weight excluding hydrogens is 190 g/mol. The van der Waals surface area contributed by atoms with E-state index in [0.29, 0.717) is 19.5 Å². The maximum absolute atomic E-state index is 13.7. The van der Waals surface area contributed by atoms with E-state index >= 15 is 0 Å². The molecule has 1 aliphatic rings. The molecule has 84 valence electrons. The van der Waals surface area contributed by atoms with Crippen LogP contribution in [0.5, 0.6) is 0 Å². The second-order valence-corrected chi connectivity index (χ2v) is 4.14. The van der Waals surface area contributed by atoms with Crippen LogP contribution in [0.1, 0.15) is 19.8 Å². The van der Waals surface area contributed by atoms with Gasteiger partial charge in [-0.05, 0) is 13.5 Å². The summed E-state index contributed by atoms with van der Waals surface area (Å²) in [6.45, 7) is 2.44. The molecule has 1 atom stereocenters. The highest BCUT2D eigenvalue weighted by atomic mass is 19.3. The van der Waals surface area contributed by atoms with Crippen molar-refractivity contribution in [3.8, 4) is 0 Å². The lowest BCUT2D eigenvalue weighted by atomic mass is 9.75. The molecule has 0 saturated carbocycles. The third kappa shape index (κ3) is 1.89. The van der Waals surface area contributed by atoms with E-state index in [9.17, 15) is 8.78 Å².